The van der Waals surface area contributed by atoms with Crippen LogP contribution in [0.4, 0.5) is 4.39 Å². The van der Waals surface area contributed by atoms with E-state index >= 15 is 0 Å². The lowest BCUT2D eigenvalue weighted by atomic mass is 9.99. The lowest BCUT2D eigenvalue weighted by Gasteiger charge is -2.30. The van der Waals surface area contributed by atoms with Crippen molar-refractivity contribution in [3.8, 4) is 0 Å². The SMILES string of the molecule is CN(Cc1cccc(F)c1)CC1(C)CCCN1. The second-order valence-electron chi connectivity index (χ2n) is 5.39. The van der Waals surface area contributed by atoms with E-state index in [1.807, 2.05) is 6.07 Å². The minimum absolute atomic E-state index is 0.152. The van der Waals surface area contributed by atoms with Gasteiger partial charge in [-0.15, -0.1) is 0 Å². The molecule has 2 rings (SSSR count). The van der Waals surface area contributed by atoms with E-state index in [4.69, 9.17) is 0 Å². The number of hydrogen-bond donors (Lipinski definition) is 1. The van der Waals surface area contributed by atoms with E-state index in [1.54, 1.807) is 12.1 Å². The molecule has 1 N–H and O–H groups in total. The molecule has 1 aromatic carbocycles. The van der Waals surface area contributed by atoms with Gasteiger partial charge in [-0.2, -0.15) is 0 Å². The van der Waals surface area contributed by atoms with Gasteiger partial charge >= 0.3 is 0 Å². The Morgan fingerprint density at radius 3 is 2.94 bits per heavy atom. The molecule has 0 spiro atoms. The lowest BCUT2D eigenvalue weighted by molar-refractivity contribution is 0.233. The third-order valence-corrected chi connectivity index (χ3v) is 3.42. The monoisotopic (exact) mass is 236 g/mol. The number of halogens is 1. The molecular formula is C14H21FN2. The van der Waals surface area contributed by atoms with Crippen molar-refractivity contribution in [2.24, 2.45) is 0 Å². The minimum Gasteiger partial charge on any atom is -0.310 e. The first-order chi connectivity index (χ1) is 8.07. The molecule has 1 unspecified atom stereocenters. The van der Waals surface area contributed by atoms with Crippen molar-refractivity contribution in [3.63, 3.8) is 0 Å². The van der Waals surface area contributed by atoms with Gasteiger partial charge in [0.05, 0.1) is 0 Å². The molecule has 1 saturated heterocycles. The summed E-state index contributed by atoms with van der Waals surface area (Å²) < 4.78 is 13.1. The van der Waals surface area contributed by atoms with Crippen LogP contribution in [0.2, 0.25) is 0 Å². The van der Waals surface area contributed by atoms with Crippen molar-refractivity contribution in [3.05, 3.63) is 35.6 Å². The highest BCUT2D eigenvalue weighted by atomic mass is 19.1. The Balaban J connectivity index is 1.90. The normalized spacial score (nSPS) is 24.5. The molecule has 3 heteroatoms. The quantitative estimate of drug-likeness (QED) is 0.863. The summed E-state index contributed by atoms with van der Waals surface area (Å²) in [5.74, 6) is -0.152. The molecule has 1 atom stereocenters. The second kappa shape index (κ2) is 5.15. The maximum atomic E-state index is 13.1. The van der Waals surface area contributed by atoms with Crippen molar-refractivity contribution in [1.82, 2.24) is 10.2 Å². The fourth-order valence-corrected chi connectivity index (χ4v) is 2.69. The van der Waals surface area contributed by atoms with Crippen LogP contribution in [0.5, 0.6) is 0 Å². The van der Waals surface area contributed by atoms with Crippen molar-refractivity contribution in [2.75, 3.05) is 20.1 Å². The fraction of sp³-hybridized carbons (Fsp3) is 0.571. The van der Waals surface area contributed by atoms with Gasteiger partial charge in [0.1, 0.15) is 5.82 Å². The Morgan fingerprint density at radius 1 is 1.47 bits per heavy atom. The van der Waals surface area contributed by atoms with E-state index in [9.17, 15) is 4.39 Å². The number of rotatable bonds is 4. The Bertz CT molecular complexity index is 372. The molecule has 1 aliphatic heterocycles. The predicted octanol–water partition coefficient (Wildman–Crippen LogP) is 2.40. The minimum atomic E-state index is -0.152. The van der Waals surface area contributed by atoms with Gasteiger partial charge in [-0.3, -0.25) is 0 Å². The van der Waals surface area contributed by atoms with Gasteiger partial charge in [-0.05, 0) is 51.1 Å². The van der Waals surface area contributed by atoms with E-state index < -0.39 is 0 Å². The molecule has 0 amide bonds. The maximum Gasteiger partial charge on any atom is 0.123 e. The van der Waals surface area contributed by atoms with Crippen LogP contribution in [-0.4, -0.2) is 30.6 Å². The smallest absolute Gasteiger partial charge is 0.123 e. The molecule has 1 aromatic rings. The zero-order valence-electron chi connectivity index (χ0n) is 10.7. The van der Waals surface area contributed by atoms with Gasteiger partial charge in [-0.25, -0.2) is 4.39 Å². The van der Waals surface area contributed by atoms with Crippen LogP contribution in [0.15, 0.2) is 24.3 Å². The molecule has 1 heterocycles. The third kappa shape index (κ3) is 3.51. The average molecular weight is 236 g/mol. The highest BCUT2D eigenvalue weighted by molar-refractivity contribution is 5.16. The Morgan fingerprint density at radius 2 is 2.29 bits per heavy atom. The summed E-state index contributed by atoms with van der Waals surface area (Å²) in [4.78, 5) is 2.26. The van der Waals surface area contributed by atoms with E-state index in [-0.39, 0.29) is 11.4 Å². The Labute approximate surface area is 103 Å². The van der Waals surface area contributed by atoms with Crippen LogP contribution in [0.1, 0.15) is 25.3 Å². The first-order valence-electron chi connectivity index (χ1n) is 6.25. The molecule has 0 bridgehead atoms. The number of benzene rings is 1. The van der Waals surface area contributed by atoms with E-state index in [1.165, 1.54) is 18.9 Å². The molecule has 17 heavy (non-hydrogen) atoms. The largest absolute Gasteiger partial charge is 0.310 e. The lowest BCUT2D eigenvalue weighted by Crippen LogP contribution is -2.46. The topological polar surface area (TPSA) is 15.3 Å². The summed E-state index contributed by atoms with van der Waals surface area (Å²) in [7, 11) is 2.09. The van der Waals surface area contributed by atoms with Gasteiger partial charge < -0.3 is 10.2 Å². The summed E-state index contributed by atoms with van der Waals surface area (Å²) in [6, 6.07) is 6.85. The van der Waals surface area contributed by atoms with Crippen LogP contribution >= 0.6 is 0 Å². The van der Waals surface area contributed by atoms with Crippen molar-refractivity contribution in [1.29, 1.82) is 0 Å². The molecule has 0 aliphatic carbocycles. The van der Waals surface area contributed by atoms with Gasteiger partial charge in [0.25, 0.3) is 0 Å². The zero-order chi connectivity index (χ0) is 12.3. The maximum absolute atomic E-state index is 13.1. The summed E-state index contributed by atoms with van der Waals surface area (Å²) in [5.41, 5.74) is 1.26. The molecule has 94 valence electrons. The van der Waals surface area contributed by atoms with Crippen LogP contribution < -0.4 is 5.32 Å². The van der Waals surface area contributed by atoms with Crippen LogP contribution in [0.3, 0.4) is 0 Å². The molecule has 2 nitrogen and oxygen atoms in total. The number of hydrogen-bond acceptors (Lipinski definition) is 2. The number of nitrogens with one attached hydrogen (secondary N) is 1. The molecule has 0 radical (unpaired) electrons. The first kappa shape index (κ1) is 12.5. The van der Waals surface area contributed by atoms with Crippen molar-refractivity contribution >= 4 is 0 Å². The molecule has 0 saturated carbocycles. The summed E-state index contributed by atoms with van der Waals surface area (Å²) in [6.45, 7) is 5.19. The van der Waals surface area contributed by atoms with Crippen molar-refractivity contribution < 1.29 is 4.39 Å². The van der Waals surface area contributed by atoms with Gasteiger partial charge in [0.15, 0.2) is 0 Å². The Kier molecular flexibility index (Phi) is 3.79. The van der Waals surface area contributed by atoms with Crippen molar-refractivity contribution in [2.45, 2.75) is 31.8 Å². The van der Waals surface area contributed by atoms with Gasteiger partial charge in [-0.1, -0.05) is 12.1 Å². The van der Waals surface area contributed by atoms with E-state index in [0.29, 0.717) is 0 Å². The molecule has 0 aromatic heterocycles. The van der Waals surface area contributed by atoms with Crippen LogP contribution in [0.25, 0.3) is 0 Å². The van der Waals surface area contributed by atoms with E-state index in [0.717, 1.165) is 25.2 Å². The summed E-state index contributed by atoms with van der Waals surface area (Å²) >= 11 is 0. The summed E-state index contributed by atoms with van der Waals surface area (Å²) in [5, 5.41) is 3.55. The highest BCUT2D eigenvalue weighted by Gasteiger charge is 2.28. The fourth-order valence-electron chi connectivity index (χ4n) is 2.69. The predicted molar refractivity (Wildman–Crippen MR) is 68.4 cm³/mol. The molecule has 1 aliphatic rings. The second-order valence-corrected chi connectivity index (χ2v) is 5.39. The first-order valence-corrected chi connectivity index (χ1v) is 6.25. The molecular weight excluding hydrogens is 215 g/mol. The highest BCUT2D eigenvalue weighted by Crippen LogP contribution is 2.20. The van der Waals surface area contributed by atoms with Crippen LogP contribution in [-0.2, 0) is 6.54 Å². The summed E-state index contributed by atoms with van der Waals surface area (Å²) in [6.07, 6.45) is 2.48. The number of nitrogens with zero attached hydrogens (tertiary/aromatic N) is 1. The van der Waals surface area contributed by atoms with Gasteiger partial charge in [0.2, 0.25) is 0 Å². The third-order valence-electron chi connectivity index (χ3n) is 3.42. The van der Waals surface area contributed by atoms with Crippen LogP contribution in [0, 0.1) is 5.82 Å². The average Bonchev–Trinajstić information content (AvgIpc) is 2.64. The zero-order valence-corrected chi connectivity index (χ0v) is 10.7. The van der Waals surface area contributed by atoms with E-state index in [2.05, 4.69) is 24.2 Å². The standard InChI is InChI=1S/C14H21FN2/c1-14(7-4-8-16-14)11-17(2)10-12-5-3-6-13(15)9-12/h3,5-6,9,16H,4,7-8,10-11H2,1-2H3. The Hall–Kier alpha value is -0.930. The number of likely N-dealkylation sites (N-methyl/N-ethyl adjacent to an activating group) is 1. The van der Waals surface area contributed by atoms with Gasteiger partial charge in [0, 0.05) is 18.6 Å². The molecule has 1 fully saturated rings.